The number of nitrogen functional groups attached to an aromatic ring is 1. The Morgan fingerprint density at radius 2 is 2.00 bits per heavy atom. The number of aromatic nitrogens is 1. The maximum Gasteiger partial charge on any atom is 0.0951 e. The van der Waals surface area contributed by atoms with Crippen LogP contribution in [0.3, 0.4) is 0 Å². The molecule has 0 saturated carbocycles. The van der Waals surface area contributed by atoms with E-state index in [1.54, 1.807) is 0 Å². The third kappa shape index (κ3) is 2.95. The molecule has 1 aromatic carbocycles. The van der Waals surface area contributed by atoms with Crippen molar-refractivity contribution in [2.75, 3.05) is 44.4 Å². The molecule has 2 heterocycles. The van der Waals surface area contributed by atoms with Gasteiger partial charge >= 0.3 is 0 Å². The zero-order valence-electron chi connectivity index (χ0n) is 12.9. The average Bonchev–Trinajstić information content (AvgIpc) is 2.48. The van der Waals surface area contributed by atoms with Crippen LogP contribution in [0, 0.1) is 5.92 Å². The number of para-hydroxylation sites is 1. The fourth-order valence-electron chi connectivity index (χ4n) is 3.33. The monoisotopic (exact) mass is 284 g/mol. The van der Waals surface area contributed by atoms with E-state index in [-0.39, 0.29) is 0 Å². The number of anilines is 2. The molecule has 1 fully saturated rings. The lowest BCUT2D eigenvalue weighted by molar-refractivity contribution is 0.285. The highest BCUT2D eigenvalue weighted by Crippen LogP contribution is 2.31. The minimum Gasteiger partial charge on any atom is -0.397 e. The van der Waals surface area contributed by atoms with Crippen molar-refractivity contribution in [3.63, 3.8) is 0 Å². The van der Waals surface area contributed by atoms with Crippen molar-refractivity contribution in [3.05, 3.63) is 30.5 Å². The Morgan fingerprint density at radius 1 is 1.24 bits per heavy atom. The minimum atomic E-state index is 0.761. The normalized spacial score (nSPS) is 16.8. The molecular formula is C17H24N4. The van der Waals surface area contributed by atoms with E-state index in [1.165, 1.54) is 30.5 Å². The van der Waals surface area contributed by atoms with Crippen LogP contribution in [0.15, 0.2) is 30.5 Å². The molecule has 0 aliphatic carbocycles. The first kappa shape index (κ1) is 14.1. The number of rotatable bonds is 3. The standard InChI is InChI=1S/C17H24N4/c1-20(2)12-13-7-10-21(11-8-13)16-6-9-19-17-14(16)4-3-5-15(17)18/h3-6,9,13H,7-8,10-12,18H2,1-2H3. The highest BCUT2D eigenvalue weighted by atomic mass is 15.1. The summed E-state index contributed by atoms with van der Waals surface area (Å²) in [6, 6.07) is 8.18. The highest BCUT2D eigenvalue weighted by Gasteiger charge is 2.21. The van der Waals surface area contributed by atoms with E-state index in [2.05, 4.69) is 41.0 Å². The van der Waals surface area contributed by atoms with Gasteiger partial charge in [0.2, 0.25) is 0 Å². The quantitative estimate of drug-likeness (QED) is 0.880. The molecule has 0 bridgehead atoms. The molecule has 1 aromatic heterocycles. The van der Waals surface area contributed by atoms with E-state index in [9.17, 15) is 0 Å². The Labute approximate surface area is 126 Å². The molecule has 0 atom stereocenters. The van der Waals surface area contributed by atoms with Crippen LogP contribution in [0.2, 0.25) is 0 Å². The third-order valence-corrected chi connectivity index (χ3v) is 4.36. The van der Waals surface area contributed by atoms with Gasteiger partial charge in [0.25, 0.3) is 0 Å². The van der Waals surface area contributed by atoms with Gasteiger partial charge in [0.05, 0.1) is 11.2 Å². The molecular weight excluding hydrogens is 260 g/mol. The topological polar surface area (TPSA) is 45.4 Å². The zero-order valence-corrected chi connectivity index (χ0v) is 12.9. The first-order chi connectivity index (χ1) is 10.1. The summed E-state index contributed by atoms with van der Waals surface area (Å²) in [4.78, 5) is 9.21. The molecule has 1 aliphatic rings. The largest absolute Gasteiger partial charge is 0.397 e. The van der Waals surface area contributed by atoms with E-state index >= 15 is 0 Å². The number of piperidine rings is 1. The van der Waals surface area contributed by atoms with Gasteiger partial charge in [-0.1, -0.05) is 12.1 Å². The van der Waals surface area contributed by atoms with Gasteiger partial charge in [-0.2, -0.15) is 0 Å². The van der Waals surface area contributed by atoms with Gasteiger partial charge in [0, 0.05) is 36.9 Å². The van der Waals surface area contributed by atoms with Gasteiger partial charge < -0.3 is 15.5 Å². The average molecular weight is 284 g/mol. The first-order valence-corrected chi connectivity index (χ1v) is 7.68. The molecule has 3 rings (SSSR count). The number of hydrogen-bond donors (Lipinski definition) is 1. The molecule has 112 valence electrons. The van der Waals surface area contributed by atoms with Crippen molar-refractivity contribution in [1.82, 2.24) is 9.88 Å². The number of hydrogen-bond acceptors (Lipinski definition) is 4. The summed E-state index contributed by atoms with van der Waals surface area (Å²) in [5.74, 6) is 0.814. The van der Waals surface area contributed by atoms with Gasteiger partial charge in [0.1, 0.15) is 0 Å². The van der Waals surface area contributed by atoms with Crippen LogP contribution in [-0.2, 0) is 0 Å². The number of nitrogens with two attached hydrogens (primary N) is 1. The van der Waals surface area contributed by atoms with E-state index in [4.69, 9.17) is 5.73 Å². The summed E-state index contributed by atoms with van der Waals surface area (Å²) in [5, 5.41) is 1.17. The first-order valence-electron chi connectivity index (χ1n) is 7.68. The second kappa shape index (κ2) is 5.90. The summed E-state index contributed by atoms with van der Waals surface area (Å²) in [5.41, 5.74) is 9.00. The fourth-order valence-corrected chi connectivity index (χ4v) is 3.33. The molecule has 0 amide bonds. The molecule has 21 heavy (non-hydrogen) atoms. The van der Waals surface area contributed by atoms with Crippen LogP contribution >= 0.6 is 0 Å². The predicted molar refractivity (Wildman–Crippen MR) is 89.6 cm³/mol. The second-order valence-corrected chi connectivity index (χ2v) is 6.27. The molecule has 4 nitrogen and oxygen atoms in total. The maximum absolute atomic E-state index is 6.04. The Morgan fingerprint density at radius 3 is 2.71 bits per heavy atom. The molecule has 2 N–H and O–H groups in total. The molecule has 4 heteroatoms. The van der Waals surface area contributed by atoms with Gasteiger partial charge in [-0.3, -0.25) is 4.98 Å². The second-order valence-electron chi connectivity index (χ2n) is 6.27. The van der Waals surface area contributed by atoms with Gasteiger partial charge in [-0.05, 0) is 45.0 Å². The number of pyridine rings is 1. The van der Waals surface area contributed by atoms with Gasteiger partial charge in [-0.25, -0.2) is 0 Å². The van der Waals surface area contributed by atoms with Crippen molar-refractivity contribution >= 4 is 22.3 Å². The molecule has 0 spiro atoms. The fraction of sp³-hybridized carbons (Fsp3) is 0.471. The number of nitrogens with zero attached hydrogens (tertiary/aromatic N) is 3. The molecule has 0 radical (unpaired) electrons. The molecule has 2 aromatic rings. The third-order valence-electron chi connectivity index (χ3n) is 4.36. The van der Waals surface area contributed by atoms with Gasteiger partial charge in [-0.15, -0.1) is 0 Å². The summed E-state index contributed by atoms with van der Waals surface area (Å²) in [6.45, 7) is 3.43. The van der Waals surface area contributed by atoms with Crippen LogP contribution in [0.5, 0.6) is 0 Å². The van der Waals surface area contributed by atoms with E-state index in [1.807, 2.05) is 18.3 Å². The summed E-state index contributed by atoms with van der Waals surface area (Å²) in [6.07, 6.45) is 4.38. The number of benzene rings is 1. The van der Waals surface area contributed by atoms with Gasteiger partial charge in [0.15, 0.2) is 0 Å². The lowest BCUT2D eigenvalue weighted by Gasteiger charge is -2.35. The SMILES string of the molecule is CN(C)CC1CCN(c2ccnc3c(N)cccc23)CC1. The van der Waals surface area contributed by atoms with Crippen molar-refractivity contribution < 1.29 is 0 Å². The molecule has 1 saturated heterocycles. The Balaban J connectivity index is 1.81. The van der Waals surface area contributed by atoms with Crippen molar-refractivity contribution in [3.8, 4) is 0 Å². The van der Waals surface area contributed by atoms with E-state index < -0.39 is 0 Å². The molecule has 0 unspecified atom stereocenters. The smallest absolute Gasteiger partial charge is 0.0951 e. The summed E-state index contributed by atoms with van der Waals surface area (Å²) < 4.78 is 0. The number of fused-ring (bicyclic) bond motifs is 1. The lowest BCUT2D eigenvalue weighted by Crippen LogP contribution is -2.37. The Bertz CT molecular complexity index is 615. The summed E-state index contributed by atoms with van der Waals surface area (Å²) in [7, 11) is 4.32. The van der Waals surface area contributed by atoms with Crippen LogP contribution < -0.4 is 10.6 Å². The van der Waals surface area contributed by atoms with Crippen LogP contribution in [0.4, 0.5) is 11.4 Å². The minimum absolute atomic E-state index is 0.761. The summed E-state index contributed by atoms with van der Waals surface area (Å²) >= 11 is 0. The van der Waals surface area contributed by atoms with Crippen LogP contribution in [0.25, 0.3) is 10.9 Å². The Hall–Kier alpha value is -1.81. The molecule has 1 aliphatic heterocycles. The van der Waals surface area contributed by atoms with Crippen molar-refractivity contribution in [2.45, 2.75) is 12.8 Å². The van der Waals surface area contributed by atoms with Crippen molar-refractivity contribution in [1.29, 1.82) is 0 Å². The predicted octanol–water partition coefficient (Wildman–Crippen LogP) is 2.60. The Kier molecular flexibility index (Phi) is 3.97. The van der Waals surface area contributed by atoms with Crippen molar-refractivity contribution in [2.24, 2.45) is 5.92 Å². The van der Waals surface area contributed by atoms with E-state index in [0.29, 0.717) is 0 Å². The van der Waals surface area contributed by atoms with E-state index in [0.717, 1.165) is 30.2 Å². The lowest BCUT2D eigenvalue weighted by atomic mass is 9.95. The highest BCUT2D eigenvalue weighted by molar-refractivity contribution is 5.98. The maximum atomic E-state index is 6.04. The van der Waals surface area contributed by atoms with Crippen LogP contribution in [0.1, 0.15) is 12.8 Å². The zero-order chi connectivity index (χ0) is 14.8. The van der Waals surface area contributed by atoms with Crippen LogP contribution in [-0.4, -0.2) is 43.6 Å².